The summed E-state index contributed by atoms with van der Waals surface area (Å²) >= 11 is 0. The van der Waals surface area contributed by atoms with Crippen LogP contribution in [0.15, 0.2) is 41.2 Å². The van der Waals surface area contributed by atoms with E-state index in [1.165, 1.54) is 11.3 Å². The van der Waals surface area contributed by atoms with Crippen LogP contribution in [0.2, 0.25) is 0 Å². The van der Waals surface area contributed by atoms with Crippen LogP contribution in [0.4, 0.5) is 5.69 Å². The number of aromatic nitrogens is 3. The first-order valence-corrected chi connectivity index (χ1v) is 15.7. The highest BCUT2D eigenvalue weighted by atomic mass is 16.1. The van der Waals surface area contributed by atoms with Gasteiger partial charge in [-0.25, -0.2) is 0 Å². The van der Waals surface area contributed by atoms with Gasteiger partial charge in [-0.2, -0.15) is 5.10 Å². The topological polar surface area (TPSA) is 86.3 Å². The van der Waals surface area contributed by atoms with Gasteiger partial charge in [0.1, 0.15) is 0 Å². The number of aryl methyl sites for hydroxylation is 4. The van der Waals surface area contributed by atoms with Crippen molar-refractivity contribution in [1.82, 2.24) is 25.0 Å². The maximum absolute atomic E-state index is 14.0. The van der Waals surface area contributed by atoms with Gasteiger partial charge in [0.15, 0.2) is 0 Å². The van der Waals surface area contributed by atoms with Crippen molar-refractivity contribution in [2.45, 2.75) is 73.4 Å². The summed E-state index contributed by atoms with van der Waals surface area (Å²) in [5.74, 6) is -0.204. The molecule has 8 heteroatoms. The lowest BCUT2D eigenvalue weighted by atomic mass is 9.96. The number of nitrogens with one attached hydrogen (secondary N) is 2. The molecular weight excluding hydrogens is 536 g/mol. The predicted octanol–water partition coefficient (Wildman–Crippen LogP) is 5.79. The number of H-pyrrole nitrogens is 1. The SMILES string of the molecule is CCCc1cc(C)[nH]c(=O)c1CNC(=O)c1cc(-c2ccc(CC)c(N3CCN(C)CC3)c2)cc2c1c(C)nn2C(C)C. The zero-order valence-corrected chi connectivity index (χ0v) is 26.8. The minimum atomic E-state index is -0.204. The molecule has 3 heterocycles. The number of fused-ring (bicyclic) bond motifs is 1. The van der Waals surface area contributed by atoms with Gasteiger partial charge >= 0.3 is 0 Å². The van der Waals surface area contributed by atoms with Crippen LogP contribution in [0.5, 0.6) is 0 Å². The Morgan fingerprint density at radius 1 is 1.00 bits per heavy atom. The Balaban J connectivity index is 1.58. The van der Waals surface area contributed by atoms with E-state index in [9.17, 15) is 9.59 Å². The minimum Gasteiger partial charge on any atom is -0.369 e. The summed E-state index contributed by atoms with van der Waals surface area (Å²) in [7, 11) is 2.18. The fraction of sp³-hybridized carbons (Fsp3) is 0.457. The first kappa shape index (κ1) is 30.5. The Morgan fingerprint density at radius 3 is 2.42 bits per heavy atom. The minimum absolute atomic E-state index is 0.133. The number of anilines is 1. The number of hydrogen-bond acceptors (Lipinski definition) is 5. The Morgan fingerprint density at radius 2 is 1.74 bits per heavy atom. The number of nitrogens with zero attached hydrogens (tertiary/aromatic N) is 4. The molecule has 0 radical (unpaired) electrons. The molecule has 8 nitrogen and oxygen atoms in total. The summed E-state index contributed by atoms with van der Waals surface area (Å²) in [4.78, 5) is 34.6. The van der Waals surface area contributed by atoms with Crippen LogP contribution in [-0.4, -0.2) is 58.8 Å². The van der Waals surface area contributed by atoms with E-state index in [4.69, 9.17) is 5.10 Å². The van der Waals surface area contributed by atoms with E-state index in [1.807, 2.05) is 30.7 Å². The van der Waals surface area contributed by atoms with Gasteiger partial charge in [0.05, 0.1) is 16.8 Å². The number of carbonyl (C=O) groups is 1. The van der Waals surface area contributed by atoms with E-state index >= 15 is 0 Å². The van der Waals surface area contributed by atoms with Crippen molar-refractivity contribution in [2.24, 2.45) is 0 Å². The summed E-state index contributed by atoms with van der Waals surface area (Å²) in [6, 6.07) is 13.0. The summed E-state index contributed by atoms with van der Waals surface area (Å²) in [6.45, 7) is 16.6. The van der Waals surface area contributed by atoms with Crippen molar-refractivity contribution in [1.29, 1.82) is 0 Å². The number of piperazine rings is 1. The standard InChI is InChI=1S/C35H46N6O2/c1-8-10-27-17-23(5)37-35(43)30(27)21-36-34(42)29-18-28(20-32-33(29)24(6)38-41(32)22(3)4)26-12-11-25(9-2)31(19-26)40-15-13-39(7)14-16-40/h11-12,17-20,22H,8-10,13-16,21H2,1-7H3,(H,36,42)(H,37,43). The fourth-order valence-corrected chi connectivity index (χ4v) is 6.31. The quantitative estimate of drug-likeness (QED) is 0.261. The molecule has 0 aliphatic carbocycles. The highest BCUT2D eigenvalue weighted by molar-refractivity contribution is 6.09. The molecule has 5 rings (SSSR count). The highest BCUT2D eigenvalue weighted by Gasteiger charge is 2.22. The lowest BCUT2D eigenvalue weighted by molar-refractivity contribution is 0.0952. The first-order valence-electron chi connectivity index (χ1n) is 15.7. The summed E-state index contributed by atoms with van der Waals surface area (Å²) < 4.78 is 2.01. The Labute approximate surface area is 255 Å². The molecule has 1 amide bonds. The van der Waals surface area contributed by atoms with Crippen LogP contribution in [0.3, 0.4) is 0 Å². The van der Waals surface area contributed by atoms with Gasteiger partial charge in [-0.1, -0.05) is 32.4 Å². The molecule has 0 bridgehead atoms. The number of aromatic amines is 1. The van der Waals surface area contributed by atoms with Gasteiger partial charge in [-0.3, -0.25) is 14.3 Å². The van der Waals surface area contributed by atoms with E-state index in [1.54, 1.807) is 0 Å². The lowest BCUT2D eigenvalue weighted by Crippen LogP contribution is -2.44. The second-order valence-corrected chi connectivity index (χ2v) is 12.2. The van der Waals surface area contributed by atoms with Gasteiger partial charge in [0, 0.05) is 61.1 Å². The monoisotopic (exact) mass is 582 g/mol. The number of benzene rings is 2. The molecule has 1 saturated heterocycles. The molecule has 0 unspecified atom stereocenters. The molecule has 43 heavy (non-hydrogen) atoms. The smallest absolute Gasteiger partial charge is 0.253 e. The summed E-state index contributed by atoms with van der Waals surface area (Å²) in [6.07, 6.45) is 2.68. The first-order chi connectivity index (χ1) is 20.6. The molecule has 228 valence electrons. The Bertz CT molecular complexity index is 1690. The van der Waals surface area contributed by atoms with Gasteiger partial charge in [0.2, 0.25) is 0 Å². The van der Waals surface area contributed by atoms with E-state index < -0.39 is 0 Å². The molecule has 1 aliphatic rings. The van der Waals surface area contributed by atoms with E-state index in [0.717, 1.165) is 84.4 Å². The second-order valence-electron chi connectivity index (χ2n) is 12.2. The molecule has 1 fully saturated rings. The van der Waals surface area contributed by atoms with Crippen LogP contribution in [0.1, 0.15) is 78.6 Å². The van der Waals surface area contributed by atoms with Crippen LogP contribution < -0.4 is 15.8 Å². The number of hydrogen-bond donors (Lipinski definition) is 2. The molecule has 4 aromatic rings. The molecule has 0 atom stereocenters. The van der Waals surface area contributed by atoms with Gasteiger partial charge < -0.3 is 20.1 Å². The summed E-state index contributed by atoms with van der Waals surface area (Å²) in [5, 5.41) is 8.78. The largest absolute Gasteiger partial charge is 0.369 e. The van der Waals surface area contributed by atoms with Crippen LogP contribution in [0.25, 0.3) is 22.0 Å². The molecular formula is C35H46N6O2. The molecule has 2 N–H and O–H groups in total. The zero-order valence-electron chi connectivity index (χ0n) is 26.8. The van der Waals surface area contributed by atoms with Crippen LogP contribution >= 0.6 is 0 Å². The molecule has 2 aromatic carbocycles. The molecule has 0 saturated carbocycles. The van der Waals surface area contributed by atoms with Crippen LogP contribution in [-0.2, 0) is 19.4 Å². The lowest BCUT2D eigenvalue weighted by Gasteiger charge is -2.35. The summed E-state index contributed by atoms with van der Waals surface area (Å²) in [5.41, 5.74) is 9.31. The number of rotatable bonds is 9. The number of pyridine rings is 1. The zero-order chi connectivity index (χ0) is 30.8. The van der Waals surface area contributed by atoms with Crippen molar-refractivity contribution in [3.05, 3.63) is 80.4 Å². The molecule has 0 spiro atoms. The van der Waals surface area contributed by atoms with Crippen molar-refractivity contribution in [2.75, 3.05) is 38.1 Å². The maximum Gasteiger partial charge on any atom is 0.253 e. The van der Waals surface area contributed by atoms with Gasteiger partial charge in [-0.05, 0) is 94.1 Å². The van der Waals surface area contributed by atoms with Crippen molar-refractivity contribution < 1.29 is 4.79 Å². The van der Waals surface area contributed by atoms with Crippen molar-refractivity contribution in [3.63, 3.8) is 0 Å². The maximum atomic E-state index is 14.0. The fourth-order valence-electron chi connectivity index (χ4n) is 6.31. The third-order valence-electron chi connectivity index (χ3n) is 8.67. The van der Waals surface area contributed by atoms with Crippen molar-refractivity contribution in [3.8, 4) is 11.1 Å². The number of amides is 1. The number of likely N-dealkylation sites (N-methyl/N-ethyl adjacent to an activating group) is 1. The highest BCUT2D eigenvalue weighted by Crippen LogP contribution is 2.34. The normalized spacial score (nSPS) is 14.2. The second kappa shape index (κ2) is 12.8. The molecule has 1 aliphatic heterocycles. The predicted molar refractivity (Wildman–Crippen MR) is 176 cm³/mol. The van der Waals surface area contributed by atoms with Gasteiger partial charge in [0.25, 0.3) is 11.5 Å². The molecule has 2 aromatic heterocycles. The van der Waals surface area contributed by atoms with Gasteiger partial charge in [-0.15, -0.1) is 0 Å². The van der Waals surface area contributed by atoms with Crippen LogP contribution in [0, 0.1) is 13.8 Å². The number of carbonyl (C=O) groups excluding carboxylic acids is 1. The Kier molecular flexibility index (Phi) is 9.06. The average Bonchev–Trinajstić information content (AvgIpc) is 3.33. The third kappa shape index (κ3) is 6.25. The van der Waals surface area contributed by atoms with E-state index in [2.05, 4.69) is 79.1 Å². The van der Waals surface area contributed by atoms with E-state index in [0.29, 0.717) is 11.1 Å². The van der Waals surface area contributed by atoms with Crippen molar-refractivity contribution >= 4 is 22.5 Å². The Hall–Kier alpha value is -3.91. The average molecular weight is 583 g/mol. The van der Waals surface area contributed by atoms with E-state index in [-0.39, 0.29) is 24.1 Å². The third-order valence-corrected chi connectivity index (χ3v) is 8.67.